The molecule has 0 unspecified atom stereocenters. The van der Waals surface area contributed by atoms with Gasteiger partial charge in [0.05, 0.1) is 5.54 Å². The minimum absolute atomic E-state index is 0.328. The summed E-state index contributed by atoms with van der Waals surface area (Å²) in [6.45, 7) is 9.14. The Morgan fingerprint density at radius 1 is 0.957 bits per heavy atom. The van der Waals surface area contributed by atoms with E-state index >= 15 is 0 Å². The van der Waals surface area contributed by atoms with Crippen molar-refractivity contribution in [2.75, 3.05) is 0 Å². The SMILES string of the molecule is CC(C)(C)N=NC(C)(C)NC(=O)NNC(=O)c1ccc(Br)cc1. The molecule has 0 aliphatic carbocycles. The maximum Gasteiger partial charge on any atom is 0.335 e. The van der Waals surface area contributed by atoms with Gasteiger partial charge in [0.1, 0.15) is 5.66 Å². The lowest BCUT2D eigenvalue weighted by molar-refractivity contribution is 0.0935. The molecule has 3 N–H and O–H groups in total. The van der Waals surface area contributed by atoms with Gasteiger partial charge < -0.3 is 5.32 Å². The third-order valence-electron chi connectivity index (χ3n) is 2.42. The van der Waals surface area contributed by atoms with E-state index in [1.165, 1.54) is 0 Å². The normalized spacial score (nSPS) is 12.1. The van der Waals surface area contributed by atoms with Crippen molar-refractivity contribution in [2.24, 2.45) is 10.2 Å². The Kier molecular flexibility index (Phi) is 6.26. The molecule has 0 aliphatic rings. The first-order valence-corrected chi connectivity index (χ1v) is 7.86. The average molecular weight is 384 g/mol. The highest BCUT2D eigenvalue weighted by molar-refractivity contribution is 9.10. The zero-order chi connectivity index (χ0) is 17.7. The number of hydrogen-bond donors (Lipinski definition) is 3. The summed E-state index contributed by atoms with van der Waals surface area (Å²) in [5.74, 6) is -0.415. The number of azo groups is 1. The van der Waals surface area contributed by atoms with Crippen LogP contribution in [0.15, 0.2) is 39.0 Å². The van der Waals surface area contributed by atoms with Gasteiger partial charge in [0.2, 0.25) is 0 Å². The zero-order valence-corrected chi connectivity index (χ0v) is 15.5. The first-order chi connectivity index (χ1) is 10.5. The van der Waals surface area contributed by atoms with Gasteiger partial charge in [-0.25, -0.2) is 10.2 Å². The molecule has 0 saturated carbocycles. The number of halogens is 1. The number of carbonyl (C=O) groups excluding carboxylic acids is 2. The molecular weight excluding hydrogens is 362 g/mol. The number of hydrazine groups is 1. The summed E-state index contributed by atoms with van der Waals surface area (Å²) < 4.78 is 0.866. The smallest absolute Gasteiger partial charge is 0.311 e. The second-order valence-electron chi connectivity index (χ2n) is 6.47. The Labute approximate surface area is 144 Å². The standard InChI is InChI=1S/C15H22BrN5O2/c1-14(2,3)20-21-15(4,5)17-13(23)19-18-12(22)10-6-8-11(16)9-7-10/h6-9H,1-5H3,(H,18,22)(H2,17,19,23). The molecule has 0 atom stereocenters. The molecule has 0 aliphatic heterocycles. The van der Waals surface area contributed by atoms with Crippen LogP contribution in [0.25, 0.3) is 0 Å². The van der Waals surface area contributed by atoms with E-state index in [0.717, 1.165) is 4.47 Å². The summed E-state index contributed by atoms with van der Waals surface area (Å²) in [6, 6.07) is 6.19. The highest BCUT2D eigenvalue weighted by Gasteiger charge is 2.21. The van der Waals surface area contributed by atoms with Crippen LogP contribution in [-0.2, 0) is 0 Å². The van der Waals surface area contributed by atoms with Crippen LogP contribution >= 0.6 is 15.9 Å². The molecule has 0 bridgehead atoms. The first-order valence-electron chi connectivity index (χ1n) is 7.07. The van der Waals surface area contributed by atoms with Gasteiger partial charge in [-0.2, -0.15) is 10.2 Å². The van der Waals surface area contributed by atoms with Crippen LogP contribution in [0.2, 0.25) is 0 Å². The Balaban J connectivity index is 2.52. The predicted molar refractivity (Wildman–Crippen MR) is 92.0 cm³/mol. The Bertz CT molecular complexity index is 591. The zero-order valence-electron chi connectivity index (χ0n) is 13.9. The number of carbonyl (C=O) groups is 2. The van der Waals surface area contributed by atoms with E-state index in [2.05, 4.69) is 42.3 Å². The molecule has 0 fully saturated rings. The topological polar surface area (TPSA) is 94.9 Å². The van der Waals surface area contributed by atoms with Gasteiger partial charge >= 0.3 is 6.03 Å². The van der Waals surface area contributed by atoms with Crippen molar-refractivity contribution in [3.05, 3.63) is 34.3 Å². The molecule has 7 nitrogen and oxygen atoms in total. The van der Waals surface area contributed by atoms with Gasteiger partial charge in [-0.15, -0.1) is 0 Å². The summed E-state index contributed by atoms with van der Waals surface area (Å²) in [7, 11) is 0. The summed E-state index contributed by atoms with van der Waals surface area (Å²) in [6.07, 6.45) is 0. The van der Waals surface area contributed by atoms with Crippen molar-refractivity contribution in [3.8, 4) is 0 Å². The highest BCUT2D eigenvalue weighted by atomic mass is 79.9. The summed E-state index contributed by atoms with van der Waals surface area (Å²) >= 11 is 3.29. The van der Waals surface area contributed by atoms with Crippen LogP contribution in [0.4, 0.5) is 4.79 Å². The molecule has 1 rings (SSSR count). The van der Waals surface area contributed by atoms with Crippen LogP contribution in [0.3, 0.4) is 0 Å². The second-order valence-corrected chi connectivity index (χ2v) is 7.39. The van der Waals surface area contributed by atoms with E-state index in [-0.39, 0.29) is 5.54 Å². The van der Waals surface area contributed by atoms with Crippen molar-refractivity contribution in [2.45, 2.75) is 45.8 Å². The minimum Gasteiger partial charge on any atom is -0.311 e. The van der Waals surface area contributed by atoms with Crippen molar-refractivity contribution < 1.29 is 9.59 Å². The van der Waals surface area contributed by atoms with Crippen LogP contribution in [0.1, 0.15) is 45.0 Å². The Morgan fingerprint density at radius 2 is 1.52 bits per heavy atom. The molecule has 0 spiro atoms. The molecule has 3 amide bonds. The van der Waals surface area contributed by atoms with E-state index in [1.807, 2.05) is 20.8 Å². The fourth-order valence-electron chi connectivity index (χ4n) is 1.40. The van der Waals surface area contributed by atoms with Crippen molar-refractivity contribution >= 4 is 27.9 Å². The third-order valence-corrected chi connectivity index (χ3v) is 2.94. The fourth-order valence-corrected chi connectivity index (χ4v) is 1.66. The van der Waals surface area contributed by atoms with Gasteiger partial charge in [0.25, 0.3) is 5.91 Å². The summed E-state index contributed by atoms with van der Waals surface area (Å²) in [4.78, 5) is 23.7. The molecule has 0 radical (unpaired) electrons. The molecule has 8 heteroatoms. The lowest BCUT2D eigenvalue weighted by atomic mass is 10.1. The van der Waals surface area contributed by atoms with Gasteiger partial charge in [-0.3, -0.25) is 10.2 Å². The lowest BCUT2D eigenvalue weighted by Crippen LogP contribution is -2.52. The van der Waals surface area contributed by atoms with Gasteiger partial charge in [-0.1, -0.05) is 15.9 Å². The van der Waals surface area contributed by atoms with Crippen molar-refractivity contribution in [1.29, 1.82) is 0 Å². The van der Waals surface area contributed by atoms with Crippen LogP contribution in [0, 0.1) is 0 Å². The molecule has 0 heterocycles. The third kappa shape index (κ3) is 7.73. The number of benzene rings is 1. The van der Waals surface area contributed by atoms with Crippen LogP contribution < -0.4 is 16.2 Å². The number of nitrogens with one attached hydrogen (secondary N) is 3. The molecule has 0 saturated heterocycles. The maximum absolute atomic E-state index is 11.9. The first kappa shape index (κ1) is 19.1. The molecule has 1 aromatic carbocycles. The Morgan fingerprint density at radius 3 is 2.04 bits per heavy atom. The fraction of sp³-hybridized carbons (Fsp3) is 0.467. The summed E-state index contributed by atoms with van der Waals surface area (Å²) in [5.41, 5.74) is 3.82. The molecular formula is C15H22BrN5O2. The van der Waals surface area contributed by atoms with Crippen molar-refractivity contribution in [3.63, 3.8) is 0 Å². The van der Waals surface area contributed by atoms with Gasteiger partial charge in [-0.05, 0) is 58.9 Å². The lowest BCUT2D eigenvalue weighted by Gasteiger charge is -2.22. The second kappa shape index (κ2) is 7.54. The van der Waals surface area contributed by atoms with E-state index in [4.69, 9.17) is 0 Å². The van der Waals surface area contributed by atoms with Crippen LogP contribution in [0.5, 0.6) is 0 Å². The number of nitrogens with zero attached hydrogens (tertiary/aromatic N) is 2. The average Bonchev–Trinajstić information content (AvgIpc) is 2.42. The summed E-state index contributed by atoms with van der Waals surface area (Å²) in [5, 5.41) is 10.8. The number of rotatable bonds is 3. The molecule has 23 heavy (non-hydrogen) atoms. The predicted octanol–water partition coefficient (Wildman–Crippen LogP) is 3.38. The number of amides is 3. The monoisotopic (exact) mass is 383 g/mol. The number of hydrogen-bond acceptors (Lipinski definition) is 4. The maximum atomic E-state index is 11.9. The van der Waals surface area contributed by atoms with E-state index < -0.39 is 17.6 Å². The van der Waals surface area contributed by atoms with Crippen LogP contribution in [-0.4, -0.2) is 23.1 Å². The number of urea groups is 1. The van der Waals surface area contributed by atoms with Crippen molar-refractivity contribution in [1.82, 2.24) is 16.2 Å². The largest absolute Gasteiger partial charge is 0.335 e. The van der Waals surface area contributed by atoms with E-state index in [0.29, 0.717) is 5.56 Å². The molecule has 1 aromatic rings. The highest BCUT2D eigenvalue weighted by Crippen LogP contribution is 2.12. The quantitative estimate of drug-likeness (QED) is 0.550. The van der Waals surface area contributed by atoms with E-state index in [1.54, 1.807) is 38.1 Å². The van der Waals surface area contributed by atoms with E-state index in [9.17, 15) is 9.59 Å². The Hall–Kier alpha value is -1.96. The van der Waals surface area contributed by atoms with Gasteiger partial charge in [0, 0.05) is 10.0 Å². The van der Waals surface area contributed by atoms with Gasteiger partial charge in [0.15, 0.2) is 0 Å². The minimum atomic E-state index is -0.889. The molecule has 0 aromatic heterocycles. The molecule has 126 valence electrons.